The largest absolute Gasteiger partial charge is 0.473 e. The lowest BCUT2D eigenvalue weighted by Gasteiger charge is -2.13. The van der Waals surface area contributed by atoms with Crippen LogP contribution in [0.1, 0.15) is 32.1 Å². The van der Waals surface area contributed by atoms with Gasteiger partial charge in [-0.25, -0.2) is 9.48 Å². The van der Waals surface area contributed by atoms with Gasteiger partial charge in [0.25, 0.3) is 5.88 Å². The van der Waals surface area contributed by atoms with Crippen LogP contribution < -0.4 is 16.0 Å². The maximum Gasteiger partial charge on any atom is 0.389 e. The zero-order valence-corrected chi connectivity index (χ0v) is 14.1. The van der Waals surface area contributed by atoms with E-state index in [4.69, 9.17) is 9.84 Å². The van der Waals surface area contributed by atoms with Gasteiger partial charge in [-0.05, 0) is 12.8 Å². The summed E-state index contributed by atoms with van der Waals surface area (Å²) in [7, 11) is 0. The summed E-state index contributed by atoms with van der Waals surface area (Å²) in [5.74, 6) is -0.623. The molecule has 0 fully saturated rings. The monoisotopic (exact) mass is 407 g/mol. The highest BCUT2D eigenvalue weighted by molar-refractivity contribution is 5.02. The molecule has 1 aromatic heterocycles. The van der Waals surface area contributed by atoms with E-state index in [1.165, 1.54) is 0 Å². The van der Waals surface area contributed by atoms with Crippen molar-refractivity contribution in [2.45, 2.75) is 57.5 Å². The summed E-state index contributed by atoms with van der Waals surface area (Å²) in [5.41, 5.74) is -2.19. The highest BCUT2D eigenvalue weighted by Gasteiger charge is 2.28. The Morgan fingerprint density at radius 1 is 0.926 bits per heavy atom. The molecule has 1 aromatic rings. The Hall–Kier alpha value is -2.05. The standard InChI is InChI=1S/C14H19F6N3O4/c15-13(16,17)4-1-6-22-11(25)10(27-9-3-8-24)21-23(12(22)26)7-2-5-14(18,19)20/h24H,1-9H2. The summed E-state index contributed by atoms with van der Waals surface area (Å²) in [6, 6.07) is 0. The van der Waals surface area contributed by atoms with E-state index >= 15 is 0 Å². The van der Waals surface area contributed by atoms with Crippen molar-refractivity contribution < 1.29 is 36.2 Å². The fraction of sp³-hybridized carbons (Fsp3) is 0.786. The Morgan fingerprint density at radius 3 is 2.00 bits per heavy atom. The molecule has 1 rings (SSSR count). The van der Waals surface area contributed by atoms with Crippen LogP contribution in [0.4, 0.5) is 26.3 Å². The summed E-state index contributed by atoms with van der Waals surface area (Å²) in [6.07, 6.45) is -12.3. The Bertz CT molecular complexity index is 711. The van der Waals surface area contributed by atoms with Crippen LogP contribution in [0.2, 0.25) is 0 Å². The van der Waals surface area contributed by atoms with Crippen LogP contribution in [0.15, 0.2) is 9.59 Å². The molecule has 1 heterocycles. The van der Waals surface area contributed by atoms with Gasteiger partial charge < -0.3 is 9.84 Å². The van der Waals surface area contributed by atoms with E-state index in [0.717, 1.165) is 0 Å². The van der Waals surface area contributed by atoms with Crippen molar-refractivity contribution in [3.8, 4) is 5.88 Å². The number of ether oxygens (including phenoxy) is 1. The smallest absolute Gasteiger partial charge is 0.389 e. The van der Waals surface area contributed by atoms with Gasteiger partial charge in [0.1, 0.15) is 0 Å². The molecule has 0 unspecified atom stereocenters. The number of halogens is 6. The maximum atomic E-state index is 12.3. The Balaban J connectivity index is 3.06. The Morgan fingerprint density at radius 2 is 1.48 bits per heavy atom. The lowest BCUT2D eigenvalue weighted by atomic mass is 10.3. The van der Waals surface area contributed by atoms with Crippen molar-refractivity contribution in [1.29, 1.82) is 0 Å². The zero-order valence-electron chi connectivity index (χ0n) is 14.1. The molecule has 0 aliphatic heterocycles. The second-order valence-corrected chi connectivity index (χ2v) is 5.63. The first kappa shape index (κ1) is 23.0. The summed E-state index contributed by atoms with van der Waals surface area (Å²) in [4.78, 5) is 24.4. The molecule has 27 heavy (non-hydrogen) atoms. The summed E-state index contributed by atoms with van der Waals surface area (Å²) in [6.45, 7) is -1.52. The van der Waals surface area contributed by atoms with E-state index in [1.807, 2.05) is 0 Å². The number of rotatable bonds is 10. The third-order valence-corrected chi connectivity index (χ3v) is 3.30. The maximum absolute atomic E-state index is 12.3. The van der Waals surface area contributed by atoms with Crippen molar-refractivity contribution in [2.24, 2.45) is 0 Å². The molecule has 0 aromatic carbocycles. The molecule has 0 aliphatic carbocycles. The van der Waals surface area contributed by atoms with Crippen LogP contribution in [-0.4, -0.2) is 45.0 Å². The Labute approximate surface area is 149 Å². The van der Waals surface area contributed by atoms with Gasteiger partial charge in [0.2, 0.25) is 0 Å². The van der Waals surface area contributed by atoms with Gasteiger partial charge in [-0.15, -0.1) is 5.10 Å². The minimum Gasteiger partial charge on any atom is -0.473 e. The molecule has 0 aliphatic rings. The minimum atomic E-state index is -4.48. The lowest BCUT2D eigenvalue weighted by molar-refractivity contribution is -0.136. The first-order valence-electron chi connectivity index (χ1n) is 8.04. The quantitative estimate of drug-likeness (QED) is 0.473. The molecule has 13 heteroatoms. The van der Waals surface area contributed by atoms with Gasteiger partial charge in [-0.3, -0.25) is 9.36 Å². The molecule has 0 bridgehead atoms. The van der Waals surface area contributed by atoms with Gasteiger partial charge in [-0.1, -0.05) is 0 Å². The average Bonchev–Trinajstić information content (AvgIpc) is 2.52. The van der Waals surface area contributed by atoms with E-state index < -0.39 is 68.3 Å². The average molecular weight is 407 g/mol. The third kappa shape index (κ3) is 8.45. The van der Waals surface area contributed by atoms with Crippen LogP contribution in [0, 0.1) is 0 Å². The summed E-state index contributed by atoms with van der Waals surface area (Å²) < 4.78 is 79.6. The molecule has 7 nitrogen and oxygen atoms in total. The highest BCUT2D eigenvalue weighted by atomic mass is 19.4. The molecular formula is C14H19F6N3O4. The number of aliphatic hydroxyl groups excluding tert-OH is 1. The lowest BCUT2D eigenvalue weighted by Crippen LogP contribution is -2.42. The number of hydrogen-bond donors (Lipinski definition) is 1. The molecule has 0 radical (unpaired) electrons. The first-order chi connectivity index (χ1) is 12.4. The van der Waals surface area contributed by atoms with Gasteiger partial charge in [0.05, 0.1) is 6.61 Å². The van der Waals surface area contributed by atoms with Gasteiger partial charge in [0, 0.05) is 39.0 Å². The molecular weight excluding hydrogens is 388 g/mol. The number of alkyl halides is 6. The van der Waals surface area contributed by atoms with E-state index in [-0.39, 0.29) is 19.6 Å². The van der Waals surface area contributed by atoms with Crippen LogP contribution >= 0.6 is 0 Å². The minimum absolute atomic E-state index is 0.113. The topological polar surface area (TPSA) is 86.3 Å². The first-order valence-corrected chi connectivity index (χ1v) is 8.04. The van der Waals surface area contributed by atoms with Crippen molar-refractivity contribution in [3.05, 3.63) is 20.8 Å². The van der Waals surface area contributed by atoms with Crippen LogP contribution in [0.25, 0.3) is 0 Å². The number of nitrogens with zero attached hydrogens (tertiary/aromatic N) is 3. The molecule has 0 spiro atoms. The molecule has 0 amide bonds. The van der Waals surface area contributed by atoms with E-state index in [0.29, 0.717) is 9.25 Å². The van der Waals surface area contributed by atoms with Crippen molar-refractivity contribution in [1.82, 2.24) is 14.3 Å². The molecule has 0 saturated heterocycles. The number of hydrogen-bond acceptors (Lipinski definition) is 5. The number of aliphatic hydroxyl groups is 1. The van der Waals surface area contributed by atoms with E-state index in [9.17, 15) is 35.9 Å². The van der Waals surface area contributed by atoms with Crippen LogP contribution in [0.3, 0.4) is 0 Å². The van der Waals surface area contributed by atoms with Gasteiger partial charge >= 0.3 is 23.6 Å². The normalized spacial score (nSPS) is 12.4. The van der Waals surface area contributed by atoms with Gasteiger partial charge in [0.15, 0.2) is 0 Å². The fourth-order valence-corrected chi connectivity index (χ4v) is 2.07. The van der Waals surface area contributed by atoms with Crippen LogP contribution in [-0.2, 0) is 13.1 Å². The van der Waals surface area contributed by atoms with Crippen LogP contribution in [0.5, 0.6) is 5.88 Å². The number of aryl methyl sites for hydroxylation is 1. The zero-order chi connectivity index (χ0) is 20.7. The molecule has 1 N–H and O–H groups in total. The molecule has 0 saturated carbocycles. The van der Waals surface area contributed by atoms with E-state index in [1.54, 1.807) is 0 Å². The third-order valence-electron chi connectivity index (χ3n) is 3.30. The van der Waals surface area contributed by atoms with Crippen molar-refractivity contribution >= 4 is 0 Å². The SMILES string of the molecule is O=c1c(OCCCO)nn(CCCC(F)(F)F)c(=O)n1CCCC(F)(F)F. The summed E-state index contributed by atoms with van der Waals surface area (Å²) >= 11 is 0. The second-order valence-electron chi connectivity index (χ2n) is 5.63. The van der Waals surface area contributed by atoms with Crippen molar-refractivity contribution in [3.63, 3.8) is 0 Å². The van der Waals surface area contributed by atoms with E-state index in [2.05, 4.69) is 5.10 Å². The fourth-order valence-electron chi connectivity index (χ4n) is 2.07. The van der Waals surface area contributed by atoms with Crippen molar-refractivity contribution in [2.75, 3.05) is 13.2 Å². The summed E-state index contributed by atoms with van der Waals surface area (Å²) in [5, 5.41) is 12.3. The molecule has 0 atom stereocenters. The predicted molar refractivity (Wildman–Crippen MR) is 80.5 cm³/mol. The molecule has 156 valence electrons. The number of aromatic nitrogens is 3. The van der Waals surface area contributed by atoms with Gasteiger partial charge in [-0.2, -0.15) is 26.3 Å². The Kier molecular flexibility index (Phi) is 8.31. The highest BCUT2D eigenvalue weighted by Crippen LogP contribution is 2.22. The predicted octanol–water partition coefficient (Wildman–Crippen LogP) is 1.85. The second kappa shape index (κ2) is 9.76.